The van der Waals surface area contributed by atoms with Gasteiger partial charge < -0.3 is 15.7 Å². The van der Waals surface area contributed by atoms with E-state index in [1.165, 1.54) is 0 Å². The van der Waals surface area contributed by atoms with Crippen molar-refractivity contribution in [2.45, 2.75) is 39.3 Å². The van der Waals surface area contributed by atoms with Crippen LogP contribution in [0.1, 0.15) is 32.3 Å². The van der Waals surface area contributed by atoms with Crippen LogP contribution in [-0.2, 0) is 11.4 Å². The first-order valence-electron chi connectivity index (χ1n) is 6.77. The molecule has 4 nitrogen and oxygen atoms in total. The molecule has 1 unspecified atom stereocenters. The number of hydrogen-bond donors (Lipinski definition) is 3. The molecule has 0 aromatic heterocycles. The van der Waals surface area contributed by atoms with Crippen molar-refractivity contribution in [2.75, 3.05) is 11.9 Å². The van der Waals surface area contributed by atoms with Crippen molar-refractivity contribution in [1.82, 2.24) is 5.32 Å². The Bertz CT molecular complexity index is 457. The molecule has 1 fully saturated rings. The third-order valence-electron chi connectivity index (χ3n) is 3.77. The highest BCUT2D eigenvalue weighted by molar-refractivity contribution is 5.95. The van der Waals surface area contributed by atoms with Gasteiger partial charge in [0.05, 0.1) is 12.6 Å². The van der Waals surface area contributed by atoms with Gasteiger partial charge in [-0.15, -0.1) is 0 Å². The maximum absolute atomic E-state index is 12.3. The van der Waals surface area contributed by atoms with E-state index in [1.54, 1.807) is 6.07 Å². The Morgan fingerprint density at radius 3 is 3.00 bits per heavy atom. The standard InChI is InChI=1S/C15H22N2O2/c1-15(2)7-4-8-16-13(15)14(19)17-12-6-3-5-11(9-12)10-18/h3,5-6,9,13,16,18H,4,7-8,10H2,1-2H3,(H,17,19). The predicted molar refractivity (Wildman–Crippen MR) is 75.8 cm³/mol. The molecule has 1 aliphatic rings. The molecule has 1 aliphatic heterocycles. The highest BCUT2D eigenvalue weighted by Crippen LogP contribution is 2.30. The molecule has 0 spiro atoms. The molecule has 2 rings (SSSR count). The number of carbonyl (C=O) groups excluding carboxylic acids is 1. The minimum absolute atomic E-state index is 0.000195. The van der Waals surface area contributed by atoms with Crippen molar-refractivity contribution >= 4 is 11.6 Å². The van der Waals surface area contributed by atoms with E-state index in [2.05, 4.69) is 24.5 Å². The van der Waals surface area contributed by atoms with Crippen molar-refractivity contribution in [3.8, 4) is 0 Å². The molecule has 1 saturated heterocycles. The van der Waals surface area contributed by atoms with Crippen LogP contribution in [0.5, 0.6) is 0 Å². The number of hydrogen-bond acceptors (Lipinski definition) is 3. The molecule has 0 bridgehead atoms. The molecule has 4 heteroatoms. The zero-order valence-electron chi connectivity index (χ0n) is 11.6. The monoisotopic (exact) mass is 262 g/mol. The first-order chi connectivity index (χ1) is 9.03. The fourth-order valence-corrected chi connectivity index (χ4v) is 2.62. The van der Waals surface area contributed by atoms with Crippen molar-refractivity contribution in [1.29, 1.82) is 0 Å². The molecule has 1 aromatic rings. The SMILES string of the molecule is CC1(C)CCCNC1C(=O)Nc1cccc(CO)c1. The van der Waals surface area contributed by atoms with E-state index in [0.29, 0.717) is 0 Å². The average molecular weight is 262 g/mol. The predicted octanol–water partition coefficient (Wildman–Crippen LogP) is 1.90. The number of benzene rings is 1. The van der Waals surface area contributed by atoms with E-state index in [4.69, 9.17) is 5.11 Å². The van der Waals surface area contributed by atoms with Crippen LogP contribution in [0.2, 0.25) is 0 Å². The quantitative estimate of drug-likeness (QED) is 0.779. The fraction of sp³-hybridized carbons (Fsp3) is 0.533. The van der Waals surface area contributed by atoms with Gasteiger partial charge in [0, 0.05) is 5.69 Å². The lowest BCUT2D eigenvalue weighted by Crippen LogP contribution is -2.53. The number of aliphatic hydroxyl groups is 1. The minimum Gasteiger partial charge on any atom is -0.392 e. The molecule has 1 amide bonds. The molecule has 0 saturated carbocycles. The van der Waals surface area contributed by atoms with Crippen LogP contribution >= 0.6 is 0 Å². The third kappa shape index (κ3) is 3.33. The number of nitrogens with one attached hydrogen (secondary N) is 2. The number of carbonyl (C=O) groups is 1. The average Bonchev–Trinajstić information content (AvgIpc) is 2.38. The summed E-state index contributed by atoms with van der Waals surface area (Å²) in [5.74, 6) is -0.000195. The summed E-state index contributed by atoms with van der Waals surface area (Å²) in [5.41, 5.74) is 1.50. The smallest absolute Gasteiger partial charge is 0.242 e. The molecule has 1 aromatic carbocycles. The van der Waals surface area contributed by atoms with Crippen LogP contribution in [-0.4, -0.2) is 23.6 Å². The Morgan fingerprint density at radius 2 is 2.32 bits per heavy atom. The normalized spacial score (nSPS) is 21.9. The second-order valence-electron chi connectivity index (χ2n) is 5.83. The van der Waals surface area contributed by atoms with Gasteiger partial charge in [0.1, 0.15) is 0 Å². The highest BCUT2D eigenvalue weighted by atomic mass is 16.3. The van der Waals surface area contributed by atoms with Crippen molar-refractivity contribution in [2.24, 2.45) is 5.41 Å². The zero-order valence-corrected chi connectivity index (χ0v) is 11.6. The van der Waals surface area contributed by atoms with Crippen LogP contribution in [0, 0.1) is 5.41 Å². The van der Waals surface area contributed by atoms with E-state index in [-0.39, 0.29) is 24.0 Å². The molecular formula is C15H22N2O2. The van der Waals surface area contributed by atoms with Gasteiger partial charge in [-0.05, 0) is 42.5 Å². The van der Waals surface area contributed by atoms with Gasteiger partial charge in [-0.2, -0.15) is 0 Å². The van der Waals surface area contributed by atoms with Gasteiger partial charge in [-0.1, -0.05) is 26.0 Å². The summed E-state index contributed by atoms with van der Waals surface area (Å²) in [5, 5.41) is 15.3. The summed E-state index contributed by atoms with van der Waals surface area (Å²) >= 11 is 0. The van der Waals surface area contributed by atoms with Gasteiger partial charge in [-0.25, -0.2) is 0 Å². The van der Waals surface area contributed by atoms with E-state index < -0.39 is 0 Å². The van der Waals surface area contributed by atoms with E-state index >= 15 is 0 Å². The van der Waals surface area contributed by atoms with Crippen LogP contribution < -0.4 is 10.6 Å². The Labute approximate surface area is 114 Å². The summed E-state index contributed by atoms with van der Waals surface area (Å²) in [6, 6.07) is 7.14. The highest BCUT2D eigenvalue weighted by Gasteiger charge is 2.36. The van der Waals surface area contributed by atoms with E-state index in [9.17, 15) is 4.79 Å². The number of amides is 1. The number of anilines is 1. The maximum atomic E-state index is 12.3. The first-order valence-corrected chi connectivity index (χ1v) is 6.77. The van der Waals surface area contributed by atoms with Gasteiger partial charge >= 0.3 is 0 Å². The summed E-state index contributed by atoms with van der Waals surface area (Å²) < 4.78 is 0. The van der Waals surface area contributed by atoms with Gasteiger partial charge in [0.25, 0.3) is 0 Å². The Balaban J connectivity index is 2.07. The summed E-state index contributed by atoms with van der Waals surface area (Å²) in [7, 11) is 0. The molecule has 0 radical (unpaired) electrons. The van der Waals surface area contributed by atoms with Crippen molar-refractivity contribution < 1.29 is 9.90 Å². The van der Waals surface area contributed by atoms with Crippen molar-refractivity contribution in [3.63, 3.8) is 0 Å². The lowest BCUT2D eigenvalue weighted by molar-refractivity contribution is -0.121. The number of rotatable bonds is 3. The zero-order chi connectivity index (χ0) is 13.9. The molecular weight excluding hydrogens is 240 g/mol. The lowest BCUT2D eigenvalue weighted by Gasteiger charge is -2.38. The third-order valence-corrected chi connectivity index (χ3v) is 3.77. The fourth-order valence-electron chi connectivity index (χ4n) is 2.62. The molecule has 0 aliphatic carbocycles. The minimum atomic E-state index is -0.168. The Kier molecular flexibility index (Phi) is 4.22. The first kappa shape index (κ1) is 14.0. The molecule has 3 N–H and O–H groups in total. The van der Waals surface area contributed by atoms with E-state index in [0.717, 1.165) is 30.6 Å². The lowest BCUT2D eigenvalue weighted by atomic mass is 9.77. The van der Waals surface area contributed by atoms with Crippen LogP contribution in [0.25, 0.3) is 0 Å². The van der Waals surface area contributed by atoms with Gasteiger partial charge in [0.2, 0.25) is 5.91 Å². The summed E-state index contributed by atoms with van der Waals surface area (Å²) in [4.78, 5) is 12.3. The number of piperidine rings is 1. The molecule has 104 valence electrons. The topological polar surface area (TPSA) is 61.4 Å². The van der Waals surface area contributed by atoms with Crippen LogP contribution in [0.3, 0.4) is 0 Å². The largest absolute Gasteiger partial charge is 0.392 e. The Morgan fingerprint density at radius 1 is 1.53 bits per heavy atom. The Hall–Kier alpha value is -1.39. The van der Waals surface area contributed by atoms with Crippen LogP contribution in [0.4, 0.5) is 5.69 Å². The summed E-state index contributed by atoms with van der Waals surface area (Å²) in [6.07, 6.45) is 2.16. The second-order valence-corrected chi connectivity index (χ2v) is 5.83. The van der Waals surface area contributed by atoms with Gasteiger partial charge in [0.15, 0.2) is 0 Å². The molecule has 19 heavy (non-hydrogen) atoms. The second kappa shape index (κ2) is 5.72. The molecule has 1 atom stereocenters. The molecule has 1 heterocycles. The maximum Gasteiger partial charge on any atom is 0.242 e. The number of aliphatic hydroxyl groups excluding tert-OH is 1. The van der Waals surface area contributed by atoms with Crippen molar-refractivity contribution in [3.05, 3.63) is 29.8 Å². The van der Waals surface area contributed by atoms with E-state index in [1.807, 2.05) is 18.2 Å². The summed E-state index contributed by atoms with van der Waals surface area (Å²) in [6.45, 7) is 5.11. The van der Waals surface area contributed by atoms with Gasteiger partial charge in [-0.3, -0.25) is 4.79 Å². The van der Waals surface area contributed by atoms with Crippen LogP contribution in [0.15, 0.2) is 24.3 Å².